The molecule has 5 atom stereocenters. The van der Waals surface area contributed by atoms with Crippen molar-refractivity contribution in [1.82, 2.24) is 29.1 Å². The van der Waals surface area contributed by atoms with Crippen LogP contribution in [0.25, 0.3) is 11.2 Å². The average molecular weight is 1020 g/mol. The number of thiocarbonyl (C=S) groups is 1. The summed E-state index contributed by atoms with van der Waals surface area (Å²) in [6, 6.07) is 26.7. The highest BCUT2D eigenvalue weighted by Crippen LogP contribution is 2.51. The van der Waals surface area contributed by atoms with Crippen LogP contribution >= 0.6 is 20.7 Å². The van der Waals surface area contributed by atoms with Gasteiger partial charge in [-0.3, -0.25) is 24.5 Å². The zero-order chi connectivity index (χ0) is 50.3. The molecule has 5 aromatic rings. The number of amides is 1. The second kappa shape index (κ2) is 22.7. The number of aromatic amines is 1. The number of rotatable bonds is 19. The van der Waals surface area contributed by atoms with E-state index in [9.17, 15) is 23.3 Å². The fourth-order valence-corrected chi connectivity index (χ4v) is 11.6. The Labute approximate surface area is 414 Å². The van der Waals surface area contributed by atoms with E-state index in [1.807, 2.05) is 111 Å². The minimum absolute atomic E-state index is 0.0225. The molecule has 70 heavy (non-hydrogen) atoms. The van der Waals surface area contributed by atoms with Crippen molar-refractivity contribution in [3.8, 4) is 17.6 Å². The summed E-state index contributed by atoms with van der Waals surface area (Å²) in [4.78, 5) is 39.8. The molecule has 22 heteroatoms. The fraction of sp³-hybridized carbons (Fsp3) is 0.458. The molecule has 0 bridgehead atoms. The maximum absolute atomic E-state index is 13.6. The van der Waals surface area contributed by atoms with Gasteiger partial charge in [0, 0.05) is 31.1 Å². The van der Waals surface area contributed by atoms with Crippen molar-refractivity contribution in [2.45, 2.75) is 83.8 Å². The first-order chi connectivity index (χ1) is 33.5. The van der Waals surface area contributed by atoms with E-state index in [0.29, 0.717) is 11.5 Å². The maximum atomic E-state index is 13.6. The lowest BCUT2D eigenvalue weighted by Crippen LogP contribution is -2.48. The Morgan fingerprint density at radius 2 is 1.53 bits per heavy atom. The summed E-state index contributed by atoms with van der Waals surface area (Å²) in [5.74, 6) is 0.0731. The zero-order valence-electron chi connectivity index (χ0n) is 40.3. The van der Waals surface area contributed by atoms with Gasteiger partial charge in [-0.2, -0.15) is 10.2 Å². The highest BCUT2D eigenvalue weighted by molar-refractivity contribution is 7.91. The Kier molecular flexibility index (Phi) is 16.9. The van der Waals surface area contributed by atoms with Gasteiger partial charge in [0.15, 0.2) is 33.3 Å². The molecule has 0 saturated carbocycles. The van der Waals surface area contributed by atoms with Crippen LogP contribution < -0.4 is 20.3 Å². The molecule has 2 aliphatic heterocycles. The van der Waals surface area contributed by atoms with Gasteiger partial charge in [0.1, 0.15) is 35.9 Å². The van der Waals surface area contributed by atoms with Crippen LogP contribution in [0.1, 0.15) is 64.5 Å². The normalized spacial score (nSPS) is 19.7. The molecule has 7 rings (SSSR count). The first-order valence-corrected chi connectivity index (χ1v) is 26.2. The highest BCUT2D eigenvalue weighted by Gasteiger charge is 2.53. The Bertz CT molecular complexity index is 2740. The minimum Gasteiger partial charge on any atom is -0.497 e. The standard InChI is InChI=1S/C48H59N8O11PS2/c1-30(2)43(57)52-46-51-42-39(44(58)53-46)50-29-55(42)45-41(66-47(69)54-23-26-70(59,60)27-24-54)40(67-68(64-25-22-49)56(31(3)4)32(5)6)38(65-45)28-63-48(33-12-10-9-11-13-33,34-14-18-36(61-7)19-15-34)35-16-20-37(62-8)21-17-35/h9-21,29-32,38,40-41,45H,23-28H2,1-8H3,(H2,51,52,53,57,58)/t38-,40?,41?,45-,68?/m1/s1. The zero-order valence-corrected chi connectivity index (χ0v) is 42.8. The number of sulfone groups is 1. The number of benzene rings is 3. The quantitative estimate of drug-likeness (QED) is 0.0526. The summed E-state index contributed by atoms with van der Waals surface area (Å²) in [7, 11) is -2.17. The maximum Gasteiger partial charge on any atom is 0.280 e. The van der Waals surface area contributed by atoms with Crippen LogP contribution in [0.4, 0.5) is 5.95 Å². The van der Waals surface area contributed by atoms with Crippen LogP contribution in [0.15, 0.2) is 90.0 Å². The van der Waals surface area contributed by atoms with Gasteiger partial charge in [-0.05, 0) is 80.9 Å². The van der Waals surface area contributed by atoms with Crippen LogP contribution in [-0.4, -0.2) is 131 Å². The smallest absolute Gasteiger partial charge is 0.280 e. The van der Waals surface area contributed by atoms with Gasteiger partial charge in [-0.15, -0.1) is 0 Å². The lowest BCUT2D eigenvalue weighted by atomic mass is 9.80. The van der Waals surface area contributed by atoms with Crippen molar-refractivity contribution < 1.29 is 45.9 Å². The number of aromatic nitrogens is 4. The van der Waals surface area contributed by atoms with E-state index in [-0.39, 0.29) is 78.1 Å². The molecular formula is C48H59N8O11PS2. The van der Waals surface area contributed by atoms with Gasteiger partial charge >= 0.3 is 0 Å². The molecule has 2 N–H and O–H groups in total. The molecule has 2 fully saturated rings. The van der Waals surface area contributed by atoms with E-state index >= 15 is 0 Å². The minimum atomic E-state index is -3.30. The molecule has 19 nitrogen and oxygen atoms in total. The third-order valence-corrected chi connectivity index (χ3v) is 16.0. The predicted molar refractivity (Wildman–Crippen MR) is 267 cm³/mol. The molecule has 2 saturated heterocycles. The summed E-state index contributed by atoms with van der Waals surface area (Å²) >= 11 is 5.97. The Hall–Kier alpha value is -5.56. The number of ether oxygens (including phenoxy) is 5. The number of anilines is 1. The van der Waals surface area contributed by atoms with E-state index < -0.39 is 60.0 Å². The molecular weight excluding hydrogens is 960 g/mol. The van der Waals surface area contributed by atoms with Crippen LogP contribution in [0, 0.1) is 17.2 Å². The molecule has 2 aromatic heterocycles. The number of carbonyl (C=O) groups is 1. The van der Waals surface area contributed by atoms with Gasteiger partial charge in [-0.25, -0.2) is 18.1 Å². The number of hydrogen-bond donors (Lipinski definition) is 2. The second-order valence-corrected chi connectivity index (χ2v) is 21.6. The van der Waals surface area contributed by atoms with E-state index in [2.05, 4.69) is 26.3 Å². The number of nitriles is 1. The molecule has 1 amide bonds. The highest BCUT2D eigenvalue weighted by atomic mass is 32.2. The third-order valence-electron chi connectivity index (χ3n) is 11.9. The van der Waals surface area contributed by atoms with E-state index in [4.69, 9.17) is 44.9 Å². The summed E-state index contributed by atoms with van der Waals surface area (Å²) in [5, 5.41) is 12.5. The fourth-order valence-electron chi connectivity index (χ4n) is 8.43. The number of H-pyrrole nitrogens is 1. The average Bonchev–Trinajstić information content (AvgIpc) is 3.91. The monoisotopic (exact) mass is 1020 g/mol. The van der Waals surface area contributed by atoms with Crippen molar-refractivity contribution in [3.05, 3.63) is 112 Å². The van der Waals surface area contributed by atoms with Crippen LogP contribution in [0.5, 0.6) is 11.5 Å². The Morgan fingerprint density at radius 1 is 0.943 bits per heavy atom. The molecule has 0 aliphatic carbocycles. The first kappa shape index (κ1) is 52.3. The largest absolute Gasteiger partial charge is 0.497 e. The molecule has 4 heterocycles. The number of imidazole rings is 1. The van der Waals surface area contributed by atoms with Crippen LogP contribution in [0.3, 0.4) is 0 Å². The SMILES string of the molecule is COc1ccc(C(OC[C@H]2O[C@@H](n3cnc4c(=O)[nH]c(NC(=O)C(C)C)nc43)C(OC(=S)N3CCS(=O)(=O)CC3)C2OP(OCC#N)N(C(C)C)C(C)C)(c2ccccc2)c2ccc(OC)cc2)cc1. The molecule has 374 valence electrons. The van der Waals surface area contributed by atoms with E-state index in [1.54, 1.807) is 33.0 Å². The number of hydrogen-bond acceptors (Lipinski definition) is 16. The van der Waals surface area contributed by atoms with Gasteiger partial charge in [0.25, 0.3) is 19.3 Å². The second-order valence-electron chi connectivity index (χ2n) is 17.6. The summed E-state index contributed by atoms with van der Waals surface area (Å²) in [6.45, 7) is 11.0. The summed E-state index contributed by atoms with van der Waals surface area (Å²) in [6.07, 6.45) is -3.20. The van der Waals surface area contributed by atoms with Crippen molar-refractivity contribution in [1.29, 1.82) is 5.26 Å². The van der Waals surface area contributed by atoms with E-state index in [1.165, 1.54) is 10.9 Å². The molecule has 3 aromatic carbocycles. The van der Waals surface area contributed by atoms with Crippen molar-refractivity contribution in [2.75, 3.05) is 57.3 Å². The van der Waals surface area contributed by atoms with E-state index in [0.717, 1.165) is 16.7 Å². The lowest BCUT2D eigenvalue weighted by Gasteiger charge is -2.39. The van der Waals surface area contributed by atoms with Crippen molar-refractivity contribution >= 4 is 58.8 Å². The topological polar surface area (TPSA) is 222 Å². The van der Waals surface area contributed by atoms with Gasteiger partial charge in [-0.1, -0.05) is 68.4 Å². The molecule has 2 aliphatic rings. The lowest BCUT2D eigenvalue weighted by molar-refractivity contribution is -0.118. The molecule has 0 radical (unpaired) electrons. The number of carbonyl (C=O) groups excluding carboxylic acids is 1. The van der Waals surface area contributed by atoms with Crippen LogP contribution in [0.2, 0.25) is 0 Å². The third kappa shape index (κ3) is 11.5. The Balaban J connectivity index is 1.42. The molecule has 3 unspecified atom stereocenters. The van der Waals surface area contributed by atoms with Crippen molar-refractivity contribution in [3.63, 3.8) is 0 Å². The summed E-state index contributed by atoms with van der Waals surface area (Å²) < 4.78 is 74.6. The first-order valence-electron chi connectivity index (χ1n) is 22.8. The van der Waals surface area contributed by atoms with Gasteiger partial charge in [0.2, 0.25) is 11.9 Å². The number of methoxy groups -OCH3 is 2. The molecule has 0 spiro atoms. The number of nitrogens with one attached hydrogen (secondary N) is 2. The Morgan fingerprint density at radius 3 is 2.07 bits per heavy atom. The van der Waals surface area contributed by atoms with Crippen LogP contribution in [-0.2, 0) is 43.5 Å². The predicted octanol–water partition coefficient (Wildman–Crippen LogP) is 6.31. The van der Waals surface area contributed by atoms with Gasteiger partial charge in [0.05, 0.1) is 44.7 Å². The van der Waals surface area contributed by atoms with Gasteiger partial charge < -0.3 is 37.6 Å². The number of fused-ring (bicyclic) bond motifs is 1. The van der Waals surface area contributed by atoms with Crippen molar-refractivity contribution in [2.24, 2.45) is 5.92 Å². The number of nitrogens with zero attached hydrogens (tertiary/aromatic N) is 6. The summed E-state index contributed by atoms with van der Waals surface area (Å²) in [5.41, 5.74) is 0.310.